The number of aliphatic hydroxyl groups excluding tert-OH is 1. The number of allylic oxidation sites excluding steroid dienone is 8. The molecule has 0 fully saturated rings. The maximum atomic E-state index is 9.26. The largest absolute Gasteiger partial charge is 0.393 e. The van der Waals surface area contributed by atoms with Crippen molar-refractivity contribution in [2.24, 2.45) is 0 Å². The highest BCUT2D eigenvalue weighted by molar-refractivity contribution is 5.07. The fourth-order valence-corrected chi connectivity index (χ4v) is 2.56. The van der Waals surface area contributed by atoms with E-state index in [9.17, 15) is 5.11 Å². The Morgan fingerprint density at radius 2 is 1.04 bits per heavy atom. The van der Waals surface area contributed by atoms with Gasteiger partial charge in [0.05, 0.1) is 6.10 Å². The summed E-state index contributed by atoms with van der Waals surface area (Å²) >= 11 is 0. The van der Waals surface area contributed by atoms with Crippen molar-refractivity contribution in [1.82, 2.24) is 0 Å². The van der Waals surface area contributed by atoms with Crippen LogP contribution in [0.4, 0.5) is 0 Å². The molecule has 1 N–H and O–H groups in total. The molecule has 0 radical (unpaired) electrons. The third-order valence-corrected chi connectivity index (χ3v) is 4.23. The summed E-state index contributed by atoms with van der Waals surface area (Å²) in [6, 6.07) is 0. The van der Waals surface area contributed by atoms with Gasteiger partial charge < -0.3 is 5.11 Å². The SMILES string of the molecule is CC(C)=CCCC(C)=CCCC(C)=CCCC(C)=CCCC(C)O. The van der Waals surface area contributed by atoms with Gasteiger partial charge in [-0.15, -0.1) is 0 Å². The quantitative estimate of drug-likeness (QED) is 0.372. The third-order valence-electron chi connectivity index (χ3n) is 4.23. The van der Waals surface area contributed by atoms with Gasteiger partial charge in [-0.2, -0.15) is 0 Å². The van der Waals surface area contributed by atoms with Crippen molar-refractivity contribution in [3.63, 3.8) is 0 Å². The first-order chi connectivity index (χ1) is 11.3. The van der Waals surface area contributed by atoms with Gasteiger partial charge in [-0.1, -0.05) is 46.6 Å². The van der Waals surface area contributed by atoms with Crippen LogP contribution >= 0.6 is 0 Å². The van der Waals surface area contributed by atoms with E-state index in [1.54, 1.807) is 0 Å². The second kappa shape index (κ2) is 14.3. The molecule has 0 aliphatic rings. The molecule has 0 rings (SSSR count). The highest BCUT2D eigenvalue weighted by Crippen LogP contribution is 2.14. The molecule has 24 heavy (non-hydrogen) atoms. The van der Waals surface area contributed by atoms with E-state index in [0.29, 0.717) is 0 Å². The highest BCUT2D eigenvalue weighted by atomic mass is 16.3. The molecule has 0 aromatic carbocycles. The van der Waals surface area contributed by atoms with Crippen LogP contribution in [0.2, 0.25) is 0 Å². The van der Waals surface area contributed by atoms with Crippen LogP contribution < -0.4 is 0 Å². The van der Waals surface area contributed by atoms with E-state index in [1.807, 2.05) is 6.92 Å². The van der Waals surface area contributed by atoms with Crippen LogP contribution in [-0.2, 0) is 0 Å². The molecule has 0 aromatic heterocycles. The van der Waals surface area contributed by atoms with Gasteiger partial charge in [-0.3, -0.25) is 0 Å². The molecular weight excluding hydrogens is 292 g/mol. The molecule has 138 valence electrons. The summed E-state index contributed by atoms with van der Waals surface area (Å²) in [5.74, 6) is 0. The molecule has 1 heteroatoms. The smallest absolute Gasteiger partial charge is 0.0515 e. The summed E-state index contributed by atoms with van der Waals surface area (Å²) in [7, 11) is 0. The molecular formula is C23H40O. The Labute approximate surface area is 151 Å². The Kier molecular flexibility index (Phi) is 13.6. The Morgan fingerprint density at radius 1 is 0.667 bits per heavy atom. The monoisotopic (exact) mass is 332 g/mol. The number of hydrogen-bond donors (Lipinski definition) is 1. The van der Waals surface area contributed by atoms with Gasteiger partial charge in [0.25, 0.3) is 0 Å². The summed E-state index contributed by atoms with van der Waals surface area (Å²) in [5, 5.41) is 9.26. The fraction of sp³-hybridized carbons (Fsp3) is 0.652. The highest BCUT2D eigenvalue weighted by Gasteiger charge is 1.95. The Hall–Kier alpha value is -1.08. The fourth-order valence-electron chi connectivity index (χ4n) is 2.56. The van der Waals surface area contributed by atoms with Crippen LogP contribution in [0.1, 0.15) is 92.9 Å². The average molecular weight is 333 g/mol. The van der Waals surface area contributed by atoms with Gasteiger partial charge in [-0.05, 0) is 92.9 Å². The molecule has 0 bridgehead atoms. The van der Waals surface area contributed by atoms with Gasteiger partial charge in [0.2, 0.25) is 0 Å². The summed E-state index contributed by atoms with van der Waals surface area (Å²) in [6.07, 6.45) is 18.0. The summed E-state index contributed by atoms with van der Waals surface area (Å²) in [5.41, 5.74) is 5.86. The lowest BCUT2D eigenvalue weighted by Gasteiger charge is -2.03. The van der Waals surface area contributed by atoms with E-state index >= 15 is 0 Å². The molecule has 1 atom stereocenters. The van der Waals surface area contributed by atoms with E-state index in [2.05, 4.69) is 58.9 Å². The molecule has 0 heterocycles. The minimum Gasteiger partial charge on any atom is -0.393 e. The van der Waals surface area contributed by atoms with Crippen LogP contribution in [-0.4, -0.2) is 11.2 Å². The first kappa shape index (κ1) is 22.9. The Balaban J connectivity index is 3.96. The van der Waals surface area contributed by atoms with Crippen LogP contribution in [0, 0.1) is 0 Å². The molecule has 0 amide bonds. The van der Waals surface area contributed by atoms with Crippen molar-refractivity contribution in [2.45, 2.75) is 99.0 Å². The van der Waals surface area contributed by atoms with Crippen molar-refractivity contribution in [3.05, 3.63) is 46.6 Å². The summed E-state index contributed by atoms with van der Waals surface area (Å²) in [6.45, 7) is 12.9. The van der Waals surface area contributed by atoms with Crippen molar-refractivity contribution in [2.75, 3.05) is 0 Å². The zero-order chi connectivity index (χ0) is 18.4. The minimum atomic E-state index is -0.185. The van der Waals surface area contributed by atoms with Crippen molar-refractivity contribution < 1.29 is 5.11 Å². The lowest BCUT2D eigenvalue weighted by molar-refractivity contribution is 0.186. The lowest BCUT2D eigenvalue weighted by atomic mass is 10.0. The maximum Gasteiger partial charge on any atom is 0.0515 e. The maximum absolute atomic E-state index is 9.26. The van der Waals surface area contributed by atoms with E-state index in [4.69, 9.17) is 0 Å². The molecule has 0 saturated carbocycles. The second-order valence-corrected chi connectivity index (χ2v) is 7.48. The van der Waals surface area contributed by atoms with Gasteiger partial charge in [0.15, 0.2) is 0 Å². The van der Waals surface area contributed by atoms with Gasteiger partial charge in [0.1, 0.15) is 0 Å². The molecule has 1 unspecified atom stereocenters. The van der Waals surface area contributed by atoms with E-state index < -0.39 is 0 Å². The van der Waals surface area contributed by atoms with E-state index in [0.717, 1.165) is 32.1 Å². The third kappa shape index (κ3) is 15.8. The van der Waals surface area contributed by atoms with Gasteiger partial charge in [0, 0.05) is 0 Å². The Morgan fingerprint density at radius 3 is 1.42 bits per heavy atom. The first-order valence-corrected chi connectivity index (χ1v) is 9.59. The van der Waals surface area contributed by atoms with Crippen molar-refractivity contribution >= 4 is 0 Å². The zero-order valence-corrected chi connectivity index (χ0v) is 17.0. The predicted octanol–water partition coefficient (Wildman–Crippen LogP) is 7.29. The molecule has 0 saturated heterocycles. The average Bonchev–Trinajstić information content (AvgIpc) is 2.46. The van der Waals surface area contributed by atoms with Gasteiger partial charge >= 0.3 is 0 Å². The minimum absolute atomic E-state index is 0.185. The van der Waals surface area contributed by atoms with Crippen LogP contribution in [0.5, 0.6) is 0 Å². The first-order valence-electron chi connectivity index (χ1n) is 9.59. The predicted molar refractivity (Wildman–Crippen MR) is 109 cm³/mol. The summed E-state index contributed by atoms with van der Waals surface area (Å²) in [4.78, 5) is 0. The number of aliphatic hydroxyl groups is 1. The number of rotatable bonds is 12. The van der Waals surface area contributed by atoms with Crippen LogP contribution in [0.15, 0.2) is 46.6 Å². The molecule has 0 aromatic rings. The zero-order valence-electron chi connectivity index (χ0n) is 17.0. The topological polar surface area (TPSA) is 20.2 Å². The van der Waals surface area contributed by atoms with E-state index in [-0.39, 0.29) is 6.10 Å². The standard InChI is InChI=1S/C23H40O/c1-19(2)11-7-12-20(3)13-8-14-21(4)15-9-16-22(5)17-10-18-23(6)24/h11,13,15,17,23-24H,7-10,12,14,16,18H2,1-6H3. The normalized spacial score (nSPS) is 14.7. The second-order valence-electron chi connectivity index (χ2n) is 7.48. The molecule has 0 aliphatic carbocycles. The molecule has 0 spiro atoms. The van der Waals surface area contributed by atoms with Gasteiger partial charge in [-0.25, -0.2) is 0 Å². The Bertz CT molecular complexity index is 443. The summed E-state index contributed by atoms with van der Waals surface area (Å²) < 4.78 is 0. The van der Waals surface area contributed by atoms with Crippen LogP contribution in [0.25, 0.3) is 0 Å². The van der Waals surface area contributed by atoms with E-state index in [1.165, 1.54) is 41.6 Å². The molecule has 0 aliphatic heterocycles. The van der Waals surface area contributed by atoms with Crippen LogP contribution in [0.3, 0.4) is 0 Å². The number of hydrogen-bond acceptors (Lipinski definition) is 1. The lowest BCUT2D eigenvalue weighted by Crippen LogP contribution is -1.97. The van der Waals surface area contributed by atoms with Crippen molar-refractivity contribution in [3.8, 4) is 0 Å². The molecule has 1 nitrogen and oxygen atoms in total. The van der Waals surface area contributed by atoms with Crippen molar-refractivity contribution in [1.29, 1.82) is 0 Å².